The van der Waals surface area contributed by atoms with Crippen LogP contribution in [0.5, 0.6) is 5.75 Å². The summed E-state index contributed by atoms with van der Waals surface area (Å²) in [7, 11) is 0. The number of rotatable bonds is 3. The van der Waals surface area contributed by atoms with Crippen LogP contribution in [-0.4, -0.2) is 33.5 Å². The molecule has 0 atom stereocenters. The highest BCUT2D eigenvalue weighted by molar-refractivity contribution is 7.80. The number of para-hydroxylation sites is 1. The monoisotopic (exact) mass is 302 g/mol. The second-order valence-corrected chi connectivity index (χ2v) is 4.92. The van der Waals surface area contributed by atoms with Crippen molar-refractivity contribution >= 4 is 35.2 Å². The van der Waals surface area contributed by atoms with Crippen LogP contribution < -0.4 is 5.32 Å². The molecule has 0 unspecified atom stereocenters. The summed E-state index contributed by atoms with van der Waals surface area (Å²) in [5, 5.41) is 12.5. The summed E-state index contributed by atoms with van der Waals surface area (Å²) in [6, 6.07) is 5.10. The standard InChI is InChI=1S/C15H14N2O3S/c1-3-7-17-14(20)11(13(19)16-15(17)21)8-10-6-4-5-9(2)12(10)18/h3-6,8,18H,1,7H2,2H3,(H,16,19,21)/b11-8+. The van der Waals surface area contributed by atoms with Crippen molar-refractivity contribution in [2.75, 3.05) is 6.54 Å². The lowest BCUT2D eigenvalue weighted by Crippen LogP contribution is -2.53. The van der Waals surface area contributed by atoms with Crippen LogP contribution in [0.3, 0.4) is 0 Å². The summed E-state index contributed by atoms with van der Waals surface area (Å²) >= 11 is 4.96. The molecule has 108 valence electrons. The lowest BCUT2D eigenvalue weighted by Gasteiger charge is -2.27. The molecule has 0 radical (unpaired) electrons. The normalized spacial score (nSPS) is 17.1. The number of carbonyl (C=O) groups excluding carboxylic acids is 2. The third kappa shape index (κ3) is 2.85. The van der Waals surface area contributed by atoms with Gasteiger partial charge in [-0.15, -0.1) is 6.58 Å². The van der Waals surface area contributed by atoms with Crippen LogP contribution in [0.25, 0.3) is 6.08 Å². The number of phenolic OH excluding ortho intramolecular Hbond substituents is 1. The molecule has 2 N–H and O–H groups in total. The third-order valence-corrected chi connectivity index (χ3v) is 3.39. The van der Waals surface area contributed by atoms with Crippen molar-refractivity contribution in [3.63, 3.8) is 0 Å². The fourth-order valence-electron chi connectivity index (χ4n) is 1.94. The van der Waals surface area contributed by atoms with Gasteiger partial charge in [-0.2, -0.15) is 0 Å². The van der Waals surface area contributed by atoms with E-state index in [0.717, 1.165) is 0 Å². The molecule has 1 saturated heterocycles. The first-order valence-electron chi connectivity index (χ1n) is 6.24. The van der Waals surface area contributed by atoms with E-state index in [1.807, 2.05) is 0 Å². The van der Waals surface area contributed by atoms with E-state index in [0.29, 0.717) is 11.1 Å². The highest BCUT2D eigenvalue weighted by Gasteiger charge is 2.32. The second-order valence-electron chi connectivity index (χ2n) is 4.53. The summed E-state index contributed by atoms with van der Waals surface area (Å²) in [6.07, 6.45) is 2.88. The summed E-state index contributed by atoms with van der Waals surface area (Å²) < 4.78 is 0. The number of hydrogen-bond acceptors (Lipinski definition) is 4. The Labute approximate surface area is 127 Å². The summed E-state index contributed by atoms with van der Waals surface area (Å²) in [5.74, 6) is -1.05. The molecule has 0 spiro atoms. The van der Waals surface area contributed by atoms with E-state index in [9.17, 15) is 14.7 Å². The molecule has 21 heavy (non-hydrogen) atoms. The van der Waals surface area contributed by atoms with E-state index < -0.39 is 11.8 Å². The first kappa shape index (κ1) is 14.9. The van der Waals surface area contributed by atoms with Gasteiger partial charge in [0, 0.05) is 12.1 Å². The molecule has 1 fully saturated rings. The molecule has 1 aromatic rings. The predicted octanol–water partition coefficient (Wildman–Crippen LogP) is 1.51. The molecule has 6 heteroatoms. The average Bonchev–Trinajstić information content (AvgIpc) is 2.44. The molecule has 1 aromatic carbocycles. The Kier molecular flexibility index (Phi) is 4.18. The van der Waals surface area contributed by atoms with Crippen LogP contribution in [0, 0.1) is 6.92 Å². The van der Waals surface area contributed by atoms with Gasteiger partial charge in [0.25, 0.3) is 11.8 Å². The minimum atomic E-state index is -0.578. The Morgan fingerprint density at radius 1 is 1.43 bits per heavy atom. The van der Waals surface area contributed by atoms with Gasteiger partial charge >= 0.3 is 0 Å². The van der Waals surface area contributed by atoms with Crippen molar-refractivity contribution in [3.05, 3.63) is 47.6 Å². The SMILES string of the molecule is C=CCN1C(=O)/C(=C/c2cccc(C)c2O)C(=O)NC1=S. The molecule has 2 rings (SSSR count). The number of amides is 2. The predicted molar refractivity (Wildman–Crippen MR) is 83.5 cm³/mol. The Hall–Kier alpha value is -2.47. The zero-order valence-electron chi connectivity index (χ0n) is 11.4. The topological polar surface area (TPSA) is 69.6 Å². The lowest BCUT2D eigenvalue weighted by atomic mass is 10.0. The zero-order chi connectivity index (χ0) is 15.6. The maximum absolute atomic E-state index is 12.3. The number of thiocarbonyl (C=S) groups is 1. The minimum absolute atomic E-state index is 0.0361. The molecule has 0 bridgehead atoms. The van der Waals surface area contributed by atoms with E-state index in [1.165, 1.54) is 17.1 Å². The molecule has 5 nitrogen and oxygen atoms in total. The minimum Gasteiger partial charge on any atom is -0.507 e. The first-order valence-corrected chi connectivity index (χ1v) is 6.65. The first-order chi connectivity index (χ1) is 9.95. The van der Waals surface area contributed by atoms with Gasteiger partial charge in [0.1, 0.15) is 11.3 Å². The number of aromatic hydroxyl groups is 1. The van der Waals surface area contributed by atoms with Gasteiger partial charge in [-0.1, -0.05) is 24.3 Å². The lowest BCUT2D eigenvalue weighted by molar-refractivity contribution is -0.128. The van der Waals surface area contributed by atoms with Gasteiger partial charge in [-0.25, -0.2) is 0 Å². The number of benzene rings is 1. The van der Waals surface area contributed by atoms with E-state index in [2.05, 4.69) is 11.9 Å². The molecule has 1 aliphatic rings. The van der Waals surface area contributed by atoms with Crippen molar-refractivity contribution in [1.82, 2.24) is 10.2 Å². The molecule has 1 aliphatic heterocycles. The van der Waals surface area contributed by atoms with Crippen LogP contribution in [0.15, 0.2) is 36.4 Å². The second kappa shape index (κ2) is 5.88. The zero-order valence-corrected chi connectivity index (χ0v) is 12.2. The average molecular weight is 302 g/mol. The van der Waals surface area contributed by atoms with Crippen LogP contribution in [0.1, 0.15) is 11.1 Å². The molecular weight excluding hydrogens is 288 g/mol. The number of phenols is 1. The number of nitrogens with one attached hydrogen (secondary N) is 1. The van der Waals surface area contributed by atoms with Crippen molar-refractivity contribution < 1.29 is 14.7 Å². The number of nitrogens with zero attached hydrogens (tertiary/aromatic N) is 1. The maximum Gasteiger partial charge on any atom is 0.265 e. The van der Waals surface area contributed by atoms with Gasteiger partial charge in [0.05, 0.1) is 0 Å². The Morgan fingerprint density at radius 3 is 2.81 bits per heavy atom. The number of carbonyl (C=O) groups is 2. The molecule has 1 heterocycles. The van der Waals surface area contributed by atoms with Crippen LogP contribution in [0.4, 0.5) is 0 Å². The van der Waals surface area contributed by atoms with Gasteiger partial charge in [-0.3, -0.25) is 19.8 Å². The summed E-state index contributed by atoms with van der Waals surface area (Å²) in [6.45, 7) is 5.49. The third-order valence-electron chi connectivity index (χ3n) is 3.07. The van der Waals surface area contributed by atoms with Crippen molar-refractivity contribution in [1.29, 1.82) is 0 Å². The molecule has 0 aromatic heterocycles. The quantitative estimate of drug-likeness (QED) is 0.384. The molecule has 0 aliphatic carbocycles. The highest BCUT2D eigenvalue weighted by Crippen LogP contribution is 2.25. The van der Waals surface area contributed by atoms with Gasteiger partial charge in [0.15, 0.2) is 5.11 Å². The summed E-state index contributed by atoms with van der Waals surface area (Å²) in [4.78, 5) is 25.5. The Bertz CT molecular complexity index is 679. The van der Waals surface area contributed by atoms with Crippen molar-refractivity contribution in [2.24, 2.45) is 0 Å². The smallest absolute Gasteiger partial charge is 0.265 e. The summed E-state index contributed by atoms with van der Waals surface area (Å²) in [5.41, 5.74) is 0.984. The van der Waals surface area contributed by atoms with Gasteiger partial charge < -0.3 is 5.11 Å². The Balaban J connectivity index is 2.45. The molecule has 0 saturated carbocycles. The number of hydrogen-bond donors (Lipinski definition) is 2. The molecular formula is C15H14N2O3S. The van der Waals surface area contributed by atoms with Gasteiger partial charge in [-0.05, 0) is 30.8 Å². The Morgan fingerprint density at radius 2 is 2.14 bits per heavy atom. The largest absolute Gasteiger partial charge is 0.507 e. The molecule has 2 amide bonds. The van der Waals surface area contributed by atoms with Gasteiger partial charge in [0.2, 0.25) is 0 Å². The fraction of sp³-hybridized carbons (Fsp3) is 0.133. The van der Waals surface area contributed by atoms with Crippen LogP contribution in [-0.2, 0) is 9.59 Å². The fourth-order valence-corrected chi connectivity index (χ4v) is 2.19. The maximum atomic E-state index is 12.3. The van der Waals surface area contributed by atoms with E-state index in [4.69, 9.17) is 12.2 Å². The van der Waals surface area contributed by atoms with Crippen molar-refractivity contribution in [3.8, 4) is 5.75 Å². The number of aryl methyl sites for hydroxylation is 1. The van der Waals surface area contributed by atoms with E-state index >= 15 is 0 Å². The van der Waals surface area contributed by atoms with E-state index in [-0.39, 0.29) is 23.0 Å². The van der Waals surface area contributed by atoms with Crippen molar-refractivity contribution in [2.45, 2.75) is 6.92 Å². The highest BCUT2D eigenvalue weighted by atomic mass is 32.1. The van der Waals surface area contributed by atoms with Crippen LogP contribution in [0.2, 0.25) is 0 Å². The van der Waals surface area contributed by atoms with E-state index in [1.54, 1.807) is 25.1 Å². The van der Waals surface area contributed by atoms with Crippen LogP contribution >= 0.6 is 12.2 Å².